The number of imidazole rings is 1. The van der Waals surface area contributed by atoms with Crippen molar-refractivity contribution in [2.24, 2.45) is 50.2 Å². The van der Waals surface area contributed by atoms with Gasteiger partial charge in [0.25, 0.3) is 0 Å². The Hall–Kier alpha value is -3.01. The maximum absolute atomic E-state index is 14.7. The maximum Gasteiger partial charge on any atom is 0.312 e. The van der Waals surface area contributed by atoms with Gasteiger partial charge in [0, 0.05) is 35.7 Å². The van der Waals surface area contributed by atoms with Gasteiger partial charge in [-0.15, -0.1) is 0 Å². The Labute approximate surface area is 262 Å². The lowest BCUT2D eigenvalue weighted by Crippen LogP contribution is -2.66. The Kier molecular flexibility index (Phi) is 7.04. The average Bonchev–Trinajstić information content (AvgIpc) is 3.48. The number of aryl methyl sites for hydroxylation is 1. The van der Waals surface area contributed by atoms with E-state index in [1.807, 2.05) is 36.8 Å². The van der Waals surface area contributed by atoms with E-state index in [1.165, 1.54) is 0 Å². The third-order valence-corrected chi connectivity index (χ3v) is 13.6. The van der Waals surface area contributed by atoms with Gasteiger partial charge < -0.3 is 9.30 Å². The minimum absolute atomic E-state index is 0.0143. The molecule has 3 saturated carbocycles. The van der Waals surface area contributed by atoms with Crippen LogP contribution in [0.5, 0.6) is 0 Å². The van der Waals surface area contributed by atoms with Crippen molar-refractivity contribution in [3.05, 3.63) is 42.0 Å². The van der Waals surface area contributed by atoms with Crippen molar-refractivity contribution in [1.29, 1.82) is 5.26 Å². The molecule has 236 valence electrons. The normalized spacial score (nSPS) is 40.3. The molecule has 0 spiro atoms. The number of Topliss-reactive ketones (excluding diaryl/α,β-unsaturated/α-hetero) is 1. The Morgan fingerprint density at radius 2 is 1.80 bits per heavy atom. The number of hydrogen-bond donors (Lipinski definition) is 0. The second kappa shape index (κ2) is 9.99. The SMILES string of the molecule is CC1(C)CC[C@]2(C(=O)OCCCn3ccnc3)CC[C@]3(C)[C@H](C(=O)C=C4[C@@]5(C)C=C(C#N)C(=O)C(C)(C)[C@@H]5CC[C@]43C)[C@@H]2C1. The summed E-state index contributed by atoms with van der Waals surface area (Å²) in [5.41, 5.74) is -1.22. The third kappa shape index (κ3) is 4.18. The zero-order chi connectivity index (χ0) is 31.9. The molecule has 3 fully saturated rings. The third-order valence-electron chi connectivity index (χ3n) is 13.6. The molecule has 7 nitrogen and oxygen atoms in total. The molecule has 0 aliphatic heterocycles. The van der Waals surface area contributed by atoms with Crippen molar-refractivity contribution in [3.63, 3.8) is 0 Å². The van der Waals surface area contributed by atoms with Gasteiger partial charge in [0.2, 0.25) is 0 Å². The summed E-state index contributed by atoms with van der Waals surface area (Å²) in [6.45, 7) is 16.4. The smallest absolute Gasteiger partial charge is 0.312 e. The number of esters is 1. The van der Waals surface area contributed by atoms with Gasteiger partial charge in [-0.2, -0.15) is 5.26 Å². The summed E-state index contributed by atoms with van der Waals surface area (Å²) in [6.07, 6.45) is 15.7. The molecule has 0 radical (unpaired) electrons. The predicted molar refractivity (Wildman–Crippen MR) is 167 cm³/mol. The standard InChI is InChI=1S/C37H49N3O4/c1-32(2)11-13-37(31(43)44-18-8-16-40-17-15-39-23-40)14-12-36(7)29(25(37)21-32)26(41)19-28-34(5)20-24(22-38)30(42)33(3,4)27(34)9-10-35(28,36)6/h15,17,19-20,23,25,27,29H,8-14,16,18,21H2,1-7H3/t25-,27-,29-,34-,35+,36+,37-/m0/s1. The van der Waals surface area contributed by atoms with E-state index in [0.717, 1.165) is 63.5 Å². The second-order valence-electron chi connectivity index (χ2n) is 16.7. The van der Waals surface area contributed by atoms with E-state index in [4.69, 9.17) is 4.74 Å². The molecule has 0 aromatic carbocycles. The number of ether oxygens (including phenoxy) is 1. The van der Waals surface area contributed by atoms with Crippen LogP contribution in [0.1, 0.15) is 99.8 Å². The van der Waals surface area contributed by atoms with Crippen LogP contribution in [-0.4, -0.2) is 33.7 Å². The van der Waals surface area contributed by atoms with E-state index in [1.54, 1.807) is 12.5 Å². The number of fused-ring (bicyclic) bond motifs is 7. The monoisotopic (exact) mass is 599 g/mol. The van der Waals surface area contributed by atoms with E-state index in [0.29, 0.717) is 6.61 Å². The molecular formula is C37H49N3O4. The fourth-order valence-electron chi connectivity index (χ4n) is 11.0. The van der Waals surface area contributed by atoms with E-state index in [9.17, 15) is 19.6 Å². The Balaban J connectivity index is 1.38. The van der Waals surface area contributed by atoms with Crippen LogP contribution in [0.15, 0.2) is 42.0 Å². The number of aromatic nitrogens is 2. The highest BCUT2D eigenvalue weighted by Gasteiger charge is 2.71. The fraction of sp³-hybridized carbons (Fsp3) is 0.703. The first kappa shape index (κ1) is 31.0. The molecule has 5 aliphatic carbocycles. The lowest BCUT2D eigenvalue weighted by molar-refractivity contribution is -0.193. The molecule has 0 N–H and O–H groups in total. The first-order valence-corrected chi connectivity index (χ1v) is 16.6. The summed E-state index contributed by atoms with van der Waals surface area (Å²) in [5.74, 6) is -0.450. The highest BCUT2D eigenvalue weighted by molar-refractivity contribution is 6.04. The van der Waals surface area contributed by atoms with Gasteiger partial charge in [-0.05, 0) is 85.5 Å². The topological polar surface area (TPSA) is 102 Å². The van der Waals surface area contributed by atoms with Gasteiger partial charge in [0.15, 0.2) is 11.6 Å². The summed E-state index contributed by atoms with van der Waals surface area (Å²) in [5, 5.41) is 9.96. The van der Waals surface area contributed by atoms with Gasteiger partial charge in [-0.25, -0.2) is 4.98 Å². The zero-order valence-electron chi connectivity index (χ0n) is 27.7. The van der Waals surface area contributed by atoms with Gasteiger partial charge in [0.1, 0.15) is 6.07 Å². The van der Waals surface area contributed by atoms with Crippen LogP contribution in [0.4, 0.5) is 0 Å². The second-order valence-corrected chi connectivity index (χ2v) is 16.7. The molecule has 0 bridgehead atoms. The van der Waals surface area contributed by atoms with Gasteiger partial charge in [-0.1, -0.05) is 60.1 Å². The van der Waals surface area contributed by atoms with Crippen LogP contribution in [0.25, 0.3) is 0 Å². The summed E-state index contributed by atoms with van der Waals surface area (Å²) in [4.78, 5) is 46.2. The lowest BCUT2D eigenvalue weighted by atomic mass is 9.34. The molecule has 1 aromatic heterocycles. The minimum Gasteiger partial charge on any atom is -0.465 e. The number of nitrogens with zero attached hydrogens (tertiary/aromatic N) is 3. The highest BCUT2D eigenvalue weighted by Crippen LogP contribution is 2.74. The van der Waals surface area contributed by atoms with Crippen LogP contribution in [0.3, 0.4) is 0 Å². The van der Waals surface area contributed by atoms with E-state index in [-0.39, 0.29) is 57.1 Å². The van der Waals surface area contributed by atoms with Crippen molar-refractivity contribution in [2.75, 3.05) is 6.61 Å². The first-order chi connectivity index (χ1) is 20.6. The zero-order valence-corrected chi connectivity index (χ0v) is 27.7. The van der Waals surface area contributed by atoms with E-state index in [2.05, 4.69) is 45.7 Å². The number of hydrogen-bond acceptors (Lipinski definition) is 6. The Morgan fingerprint density at radius 3 is 2.48 bits per heavy atom. The van der Waals surface area contributed by atoms with Crippen molar-refractivity contribution < 1.29 is 19.1 Å². The molecule has 5 aliphatic rings. The van der Waals surface area contributed by atoms with Crippen molar-refractivity contribution >= 4 is 17.5 Å². The van der Waals surface area contributed by atoms with Crippen molar-refractivity contribution in [2.45, 2.75) is 106 Å². The summed E-state index contributed by atoms with van der Waals surface area (Å²) in [6, 6.07) is 2.19. The number of allylic oxidation sites excluding steroid dienone is 4. The maximum atomic E-state index is 14.7. The number of nitriles is 1. The first-order valence-electron chi connectivity index (χ1n) is 16.6. The van der Waals surface area contributed by atoms with Gasteiger partial charge in [-0.3, -0.25) is 14.4 Å². The summed E-state index contributed by atoms with van der Waals surface area (Å²) >= 11 is 0. The number of rotatable bonds is 5. The number of carbonyl (C=O) groups is 3. The lowest BCUT2D eigenvalue weighted by Gasteiger charge is -2.68. The molecular weight excluding hydrogens is 550 g/mol. The van der Waals surface area contributed by atoms with Crippen LogP contribution >= 0.6 is 0 Å². The number of ketones is 2. The Bertz CT molecular complexity index is 1490. The molecule has 0 saturated heterocycles. The Morgan fingerprint density at radius 1 is 1.07 bits per heavy atom. The molecule has 44 heavy (non-hydrogen) atoms. The molecule has 1 aromatic rings. The van der Waals surface area contributed by atoms with Crippen LogP contribution < -0.4 is 0 Å². The van der Waals surface area contributed by atoms with Crippen molar-refractivity contribution in [3.8, 4) is 6.07 Å². The predicted octanol–water partition coefficient (Wildman–Crippen LogP) is 7.04. The van der Waals surface area contributed by atoms with E-state index >= 15 is 0 Å². The van der Waals surface area contributed by atoms with E-state index < -0.39 is 16.2 Å². The minimum atomic E-state index is -0.686. The van der Waals surface area contributed by atoms with Crippen molar-refractivity contribution in [1.82, 2.24) is 9.55 Å². The summed E-state index contributed by atoms with van der Waals surface area (Å²) < 4.78 is 8.05. The molecule has 1 heterocycles. The number of carbonyl (C=O) groups excluding carboxylic acids is 3. The molecule has 0 amide bonds. The largest absolute Gasteiger partial charge is 0.465 e. The van der Waals surface area contributed by atoms with Crippen LogP contribution in [-0.2, 0) is 25.7 Å². The molecule has 0 unspecified atom stereocenters. The fourth-order valence-corrected chi connectivity index (χ4v) is 11.0. The quantitative estimate of drug-likeness (QED) is 0.266. The van der Waals surface area contributed by atoms with Gasteiger partial charge >= 0.3 is 5.97 Å². The molecule has 7 atom stereocenters. The van der Waals surface area contributed by atoms with Crippen LogP contribution in [0.2, 0.25) is 0 Å². The average molecular weight is 600 g/mol. The van der Waals surface area contributed by atoms with Gasteiger partial charge in [0.05, 0.1) is 23.9 Å². The highest BCUT2D eigenvalue weighted by atomic mass is 16.5. The molecule has 6 rings (SSSR count). The van der Waals surface area contributed by atoms with Crippen LogP contribution in [0, 0.1) is 61.6 Å². The summed E-state index contributed by atoms with van der Waals surface area (Å²) in [7, 11) is 0. The molecule has 7 heteroatoms.